The van der Waals surface area contributed by atoms with Gasteiger partial charge in [-0.25, -0.2) is 0 Å². The first-order chi connectivity index (χ1) is 10.8. The lowest BCUT2D eigenvalue weighted by Crippen LogP contribution is -2.42. The molecule has 4 nitrogen and oxygen atoms in total. The number of fused-ring (bicyclic) bond motifs is 1. The minimum absolute atomic E-state index is 0.235. The molecule has 22 heavy (non-hydrogen) atoms. The number of piperidine rings is 1. The summed E-state index contributed by atoms with van der Waals surface area (Å²) in [5.41, 5.74) is 2.38. The van der Waals surface area contributed by atoms with Crippen molar-refractivity contribution in [1.29, 1.82) is 0 Å². The second kappa shape index (κ2) is 7.25. The molecule has 0 bridgehead atoms. The van der Waals surface area contributed by atoms with Gasteiger partial charge >= 0.3 is 0 Å². The summed E-state index contributed by atoms with van der Waals surface area (Å²) in [7, 11) is 0. The number of amides is 1. The van der Waals surface area contributed by atoms with E-state index in [1.807, 2.05) is 17.0 Å². The maximum absolute atomic E-state index is 12.6. The van der Waals surface area contributed by atoms with Crippen LogP contribution >= 0.6 is 0 Å². The Hall–Kier alpha value is -1.39. The predicted octanol–water partition coefficient (Wildman–Crippen LogP) is 2.20. The van der Waals surface area contributed by atoms with E-state index in [2.05, 4.69) is 17.0 Å². The van der Waals surface area contributed by atoms with Gasteiger partial charge in [-0.1, -0.05) is 24.6 Å². The van der Waals surface area contributed by atoms with Crippen LogP contribution < -0.4 is 4.90 Å². The third kappa shape index (κ3) is 3.33. The number of para-hydroxylation sites is 1. The molecule has 4 heteroatoms. The average Bonchev–Trinajstić information content (AvgIpc) is 2.98. The quantitative estimate of drug-likeness (QED) is 0.907. The zero-order valence-corrected chi connectivity index (χ0v) is 13.2. The molecular weight excluding hydrogens is 276 g/mol. The van der Waals surface area contributed by atoms with Gasteiger partial charge in [0.1, 0.15) is 0 Å². The van der Waals surface area contributed by atoms with Crippen LogP contribution in [0.4, 0.5) is 5.69 Å². The lowest BCUT2D eigenvalue weighted by molar-refractivity contribution is -0.119. The number of nitrogens with zero attached hydrogens (tertiary/aromatic N) is 2. The van der Waals surface area contributed by atoms with Crippen LogP contribution in [0.5, 0.6) is 0 Å². The summed E-state index contributed by atoms with van der Waals surface area (Å²) in [6.07, 6.45) is 5.99. The highest BCUT2D eigenvalue weighted by Crippen LogP contribution is 2.28. The van der Waals surface area contributed by atoms with Gasteiger partial charge in [-0.2, -0.15) is 0 Å². The zero-order valence-electron chi connectivity index (χ0n) is 13.2. The van der Waals surface area contributed by atoms with Crippen molar-refractivity contribution in [3.63, 3.8) is 0 Å². The number of aliphatic hydroxyl groups excluding tert-OH is 1. The van der Waals surface area contributed by atoms with E-state index in [0.29, 0.717) is 12.5 Å². The molecule has 0 aliphatic carbocycles. The van der Waals surface area contributed by atoms with Crippen LogP contribution in [0.25, 0.3) is 0 Å². The monoisotopic (exact) mass is 302 g/mol. The Bertz CT molecular complexity index is 516. The molecule has 2 aliphatic rings. The van der Waals surface area contributed by atoms with Crippen molar-refractivity contribution in [3.8, 4) is 0 Å². The zero-order chi connectivity index (χ0) is 15.4. The standard InChI is InChI=1S/C18H26N2O2/c21-14-10-16-6-3-4-11-19(16)12-9-18(22)20-13-8-15-5-1-2-7-17(15)20/h1-2,5,7,16,21H,3-4,6,8-14H2. The van der Waals surface area contributed by atoms with Crippen molar-refractivity contribution in [2.45, 2.75) is 44.6 Å². The van der Waals surface area contributed by atoms with E-state index < -0.39 is 0 Å². The van der Waals surface area contributed by atoms with E-state index >= 15 is 0 Å². The van der Waals surface area contributed by atoms with E-state index in [-0.39, 0.29) is 12.5 Å². The number of hydrogen-bond donors (Lipinski definition) is 1. The molecule has 1 fully saturated rings. The van der Waals surface area contributed by atoms with Crippen molar-refractivity contribution in [3.05, 3.63) is 29.8 Å². The molecule has 1 aromatic rings. The topological polar surface area (TPSA) is 43.8 Å². The van der Waals surface area contributed by atoms with Gasteiger partial charge in [0.2, 0.25) is 5.91 Å². The lowest BCUT2D eigenvalue weighted by atomic mass is 9.99. The highest BCUT2D eigenvalue weighted by atomic mass is 16.3. The van der Waals surface area contributed by atoms with Crippen LogP contribution in [0.3, 0.4) is 0 Å². The van der Waals surface area contributed by atoms with E-state index in [9.17, 15) is 9.90 Å². The number of aliphatic hydroxyl groups is 1. The molecule has 0 aromatic heterocycles. The number of anilines is 1. The molecule has 1 atom stereocenters. The van der Waals surface area contributed by atoms with Gasteiger partial charge in [0, 0.05) is 37.8 Å². The minimum atomic E-state index is 0.235. The second-order valence-corrected chi connectivity index (χ2v) is 6.37. The number of carbonyl (C=O) groups excluding carboxylic acids is 1. The van der Waals surface area contributed by atoms with E-state index in [1.165, 1.54) is 18.4 Å². The fraction of sp³-hybridized carbons (Fsp3) is 0.611. The molecule has 1 amide bonds. The van der Waals surface area contributed by atoms with Gasteiger partial charge in [-0.3, -0.25) is 9.69 Å². The summed E-state index contributed by atoms with van der Waals surface area (Å²) < 4.78 is 0. The first-order valence-electron chi connectivity index (χ1n) is 8.53. The Morgan fingerprint density at radius 1 is 1.23 bits per heavy atom. The summed E-state index contributed by atoms with van der Waals surface area (Å²) in [5.74, 6) is 0.235. The molecule has 0 spiro atoms. The van der Waals surface area contributed by atoms with Crippen LogP contribution in [0.2, 0.25) is 0 Å². The summed E-state index contributed by atoms with van der Waals surface area (Å²) >= 11 is 0. The minimum Gasteiger partial charge on any atom is -0.396 e. The SMILES string of the molecule is O=C(CCN1CCCCC1CCO)N1CCc2ccccc21. The second-order valence-electron chi connectivity index (χ2n) is 6.37. The van der Waals surface area contributed by atoms with Gasteiger partial charge < -0.3 is 10.0 Å². The Labute approximate surface area is 132 Å². The third-order valence-electron chi connectivity index (χ3n) is 5.01. The number of carbonyl (C=O) groups is 1. The van der Waals surface area contributed by atoms with Crippen LogP contribution in [0, 0.1) is 0 Å². The molecule has 1 unspecified atom stereocenters. The Balaban J connectivity index is 1.56. The molecule has 2 heterocycles. The molecule has 0 saturated carbocycles. The summed E-state index contributed by atoms with van der Waals surface area (Å²) in [6, 6.07) is 8.67. The molecule has 2 aliphatic heterocycles. The maximum atomic E-state index is 12.6. The molecule has 0 radical (unpaired) electrons. The van der Waals surface area contributed by atoms with Crippen molar-refractivity contribution in [2.24, 2.45) is 0 Å². The smallest absolute Gasteiger partial charge is 0.228 e. The van der Waals surface area contributed by atoms with E-state index in [4.69, 9.17) is 0 Å². The first-order valence-corrected chi connectivity index (χ1v) is 8.53. The van der Waals surface area contributed by atoms with E-state index in [0.717, 1.165) is 44.6 Å². The fourth-order valence-electron chi connectivity index (χ4n) is 3.80. The van der Waals surface area contributed by atoms with Gasteiger partial charge in [0.25, 0.3) is 0 Å². The number of benzene rings is 1. The predicted molar refractivity (Wildman–Crippen MR) is 88.0 cm³/mol. The van der Waals surface area contributed by atoms with Crippen LogP contribution in [0.1, 0.15) is 37.7 Å². The van der Waals surface area contributed by atoms with Crippen molar-refractivity contribution < 1.29 is 9.90 Å². The molecule has 1 aromatic carbocycles. The summed E-state index contributed by atoms with van der Waals surface area (Å²) in [5, 5.41) is 9.19. The molecule has 3 rings (SSSR count). The van der Waals surface area contributed by atoms with Gasteiger partial charge in [0.05, 0.1) is 0 Å². The fourth-order valence-corrected chi connectivity index (χ4v) is 3.80. The molecule has 120 valence electrons. The average molecular weight is 302 g/mol. The third-order valence-corrected chi connectivity index (χ3v) is 5.01. The van der Waals surface area contributed by atoms with Gasteiger partial charge in [-0.05, 0) is 43.9 Å². The van der Waals surface area contributed by atoms with Crippen molar-refractivity contribution >= 4 is 11.6 Å². The Kier molecular flexibility index (Phi) is 5.11. The first kappa shape index (κ1) is 15.5. The van der Waals surface area contributed by atoms with Gasteiger partial charge in [0.15, 0.2) is 0 Å². The van der Waals surface area contributed by atoms with Crippen molar-refractivity contribution in [1.82, 2.24) is 4.90 Å². The number of rotatable bonds is 5. The van der Waals surface area contributed by atoms with Crippen LogP contribution in [0.15, 0.2) is 24.3 Å². The van der Waals surface area contributed by atoms with Crippen LogP contribution in [-0.2, 0) is 11.2 Å². The summed E-state index contributed by atoms with van der Waals surface area (Å²) in [6.45, 7) is 2.95. The summed E-state index contributed by atoms with van der Waals surface area (Å²) in [4.78, 5) is 16.9. The highest BCUT2D eigenvalue weighted by molar-refractivity contribution is 5.95. The molecule has 1 N–H and O–H groups in total. The Morgan fingerprint density at radius 3 is 2.95 bits per heavy atom. The Morgan fingerprint density at radius 2 is 2.09 bits per heavy atom. The van der Waals surface area contributed by atoms with Gasteiger partial charge in [-0.15, -0.1) is 0 Å². The largest absolute Gasteiger partial charge is 0.396 e. The maximum Gasteiger partial charge on any atom is 0.228 e. The number of likely N-dealkylation sites (tertiary alicyclic amines) is 1. The van der Waals surface area contributed by atoms with E-state index in [1.54, 1.807) is 0 Å². The highest BCUT2D eigenvalue weighted by Gasteiger charge is 2.26. The normalized spacial score (nSPS) is 21.9. The number of hydrogen-bond acceptors (Lipinski definition) is 3. The lowest BCUT2D eigenvalue weighted by Gasteiger charge is -2.35. The van der Waals surface area contributed by atoms with Crippen molar-refractivity contribution in [2.75, 3.05) is 31.1 Å². The molecular formula is C18H26N2O2. The van der Waals surface area contributed by atoms with Crippen LogP contribution in [-0.4, -0.2) is 48.2 Å². The molecule has 1 saturated heterocycles.